The normalized spacial score (nSPS) is 13.4. The third-order valence-electron chi connectivity index (χ3n) is 0.654. The molecule has 0 saturated carbocycles. The summed E-state index contributed by atoms with van der Waals surface area (Å²) in [5.41, 5.74) is 0. The minimum absolute atomic E-state index is 0.134. The summed E-state index contributed by atoms with van der Waals surface area (Å²) in [7, 11) is -2.32. The fraction of sp³-hybridized carbons (Fsp3) is 0.750. The van der Waals surface area contributed by atoms with Crippen molar-refractivity contribution in [3.63, 3.8) is 0 Å². The van der Waals surface area contributed by atoms with Crippen LogP contribution in [0.5, 0.6) is 0 Å². The molecular formula is C4H6Cl4OS. The summed E-state index contributed by atoms with van der Waals surface area (Å²) < 4.78 is 9.24. The van der Waals surface area contributed by atoms with E-state index in [-0.39, 0.29) is 4.32 Å². The molecule has 10 heavy (non-hydrogen) atoms. The van der Waals surface area contributed by atoms with E-state index < -0.39 is 13.3 Å². The Labute approximate surface area is 80.6 Å². The average Bonchev–Trinajstić information content (AvgIpc) is 1.59. The van der Waals surface area contributed by atoms with Gasteiger partial charge in [0.1, 0.15) is 4.32 Å². The minimum atomic E-state index is -2.32. The molecule has 0 aromatic rings. The Bertz CT molecular complexity index is 224. The molecule has 0 heterocycles. The molecule has 6 heteroatoms. The van der Waals surface area contributed by atoms with Crippen LogP contribution in [0.2, 0.25) is 0 Å². The van der Waals surface area contributed by atoms with Crippen LogP contribution in [-0.4, -0.2) is 24.8 Å². The molecule has 0 saturated heterocycles. The number of alkyl halides is 3. The van der Waals surface area contributed by atoms with Crippen LogP contribution in [0.4, 0.5) is 0 Å². The van der Waals surface area contributed by atoms with E-state index in [1.54, 1.807) is 0 Å². The second-order valence-corrected chi connectivity index (χ2v) is 7.76. The zero-order valence-electron chi connectivity index (χ0n) is 5.33. The summed E-state index contributed by atoms with van der Waals surface area (Å²) >= 11 is 21.5. The van der Waals surface area contributed by atoms with E-state index in [1.807, 2.05) is 0 Å². The third-order valence-corrected chi connectivity index (χ3v) is 4.42. The summed E-state index contributed by atoms with van der Waals surface area (Å²) in [5, 5.41) is 0. The predicted octanol–water partition coefficient (Wildman–Crippen LogP) is 2.27. The lowest BCUT2D eigenvalue weighted by atomic mass is 10.9. The Morgan fingerprint density at radius 3 is 1.60 bits per heavy atom. The Balaban J connectivity index is 5.06. The van der Waals surface area contributed by atoms with E-state index >= 15 is 0 Å². The SMILES string of the molecule is CS(C)(=O)=C(Cl)C(Cl)(Cl)Cl. The lowest BCUT2D eigenvalue weighted by Crippen LogP contribution is -2.20. The first kappa shape index (κ1) is 11.2. The average molecular weight is 244 g/mol. The van der Waals surface area contributed by atoms with Crippen molar-refractivity contribution in [3.8, 4) is 0 Å². The number of rotatable bonds is 0. The first-order valence-corrected chi connectivity index (χ1v) is 6.08. The molecule has 0 aromatic carbocycles. The quantitative estimate of drug-likeness (QED) is 0.363. The van der Waals surface area contributed by atoms with Crippen LogP contribution in [0.25, 0.3) is 0 Å². The molecule has 0 radical (unpaired) electrons. The van der Waals surface area contributed by atoms with Gasteiger partial charge in [-0.1, -0.05) is 46.4 Å². The lowest BCUT2D eigenvalue weighted by molar-refractivity contribution is 0.688. The van der Waals surface area contributed by atoms with Crippen LogP contribution in [0.15, 0.2) is 0 Å². The molecule has 0 atom stereocenters. The maximum absolute atomic E-state index is 11.1. The molecule has 0 N–H and O–H groups in total. The fourth-order valence-electron chi connectivity index (χ4n) is 0.279. The van der Waals surface area contributed by atoms with Crippen molar-refractivity contribution >= 4 is 60.2 Å². The number of hydrogen-bond donors (Lipinski definition) is 0. The van der Waals surface area contributed by atoms with E-state index in [0.717, 1.165) is 0 Å². The van der Waals surface area contributed by atoms with Gasteiger partial charge in [0.05, 0.1) is 0 Å². The van der Waals surface area contributed by atoms with Crippen molar-refractivity contribution in [2.24, 2.45) is 0 Å². The standard InChI is InChI=1S/C4H6Cl4OS/c1-10(2,9)3(5)4(6,7)8/h1-2H3. The molecule has 62 valence electrons. The zero-order valence-corrected chi connectivity index (χ0v) is 9.17. The van der Waals surface area contributed by atoms with Gasteiger partial charge in [-0.05, 0) is 9.52 Å². The van der Waals surface area contributed by atoms with Crippen LogP contribution < -0.4 is 0 Å². The summed E-state index contributed by atoms with van der Waals surface area (Å²) in [6.45, 7) is 0. The zero-order chi connectivity index (χ0) is 8.58. The van der Waals surface area contributed by atoms with Crippen LogP contribution >= 0.6 is 46.4 Å². The summed E-state index contributed by atoms with van der Waals surface area (Å²) in [5.74, 6) is 0. The highest BCUT2D eigenvalue weighted by Crippen LogP contribution is 2.30. The van der Waals surface area contributed by atoms with Gasteiger partial charge < -0.3 is 0 Å². The van der Waals surface area contributed by atoms with Gasteiger partial charge in [-0.2, -0.15) is 0 Å². The van der Waals surface area contributed by atoms with E-state index in [1.165, 1.54) is 12.5 Å². The van der Waals surface area contributed by atoms with Gasteiger partial charge in [-0.15, -0.1) is 0 Å². The monoisotopic (exact) mass is 242 g/mol. The molecule has 0 aromatic heterocycles. The van der Waals surface area contributed by atoms with Gasteiger partial charge in [-0.25, -0.2) is 0 Å². The Hall–Kier alpha value is 1.18. The molecule has 0 amide bonds. The van der Waals surface area contributed by atoms with E-state index in [4.69, 9.17) is 46.4 Å². The molecule has 1 nitrogen and oxygen atoms in total. The van der Waals surface area contributed by atoms with Gasteiger partial charge in [-0.3, -0.25) is 4.21 Å². The summed E-state index contributed by atoms with van der Waals surface area (Å²) in [6.07, 6.45) is 2.83. The lowest BCUT2D eigenvalue weighted by Gasteiger charge is -2.10. The smallest absolute Gasteiger partial charge is 0.233 e. The molecule has 0 spiro atoms. The highest BCUT2D eigenvalue weighted by atomic mass is 35.6. The molecular weight excluding hydrogens is 238 g/mol. The Morgan fingerprint density at radius 2 is 1.60 bits per heavy atom. The molecule has 0 aliphatic rings. The first-order valence-electron chi connectivity index (χ1n) is 2.19. The summed E-state index contributed by atoms with van der Waals surface area (Å²) in [4.78, 5) is 0. The van der Waals surface area contributed by atoms with Crippen LogP contribution in [0, 0.1) is 0 Å². The first-order chi connectivity index (χ1) is 4.15. The number of hydrogen-bond acceptors (Lipinski definition) is 1. The van der Waals surface area contributed by atoms with Crippen LogP contribution in [0.1, 0.15) is 0 Å². The van der Waals surface area contributed by atoms with Crippen molar-refractivity contribution in [3.05, 3.63) is 0 Å². The van der Waals surface area contributed by atoms with Crippen molar-refractivity contribution in [2.45, 2.75) is 3.79 Å². The van der Waals surface area contributed by atoms with Gasteiger partial charge in [0, 0.05) is 12.5 Å². The van der Waals surface area contributed by atoms with Gasteiger partial charge in [0.25, 0.3) is 0 Å². The second kappa shape index (κ2) is 3.28. The van der Waals surface area contributed by atoms with Crippen molar-refractivity contribution < 1.29 is 4.21 Å². The molecule has 0 aliphatic heterocycles. The van der Waals surface area contributed by atoms with Gasteiger partial charge in [0.15, 0.2) is 0 Å². The van der Waals surface area contributed by atoms with Crippen molar-refractivity contribution in [2.75, 3.05) is 12.5 Å². The third kappa shape index (κ3) is 3.54. The van der Waals surface area contributed by atoms with Crippen molar-refractivity contribution in [1.82, 2.24) is 0 Å². The highest BCUT2D eigenvalue weighted by Gasteiger charge is 2.28. The minimum Gasteiger partial charge on any atom is -0.267 e. The fourth-order valence-corrected chi connectivity index (χ4v) is 2.51. The maximum Gasteiger partial charge on any atom is 0.233 e. The highest BCUT2D eigenvalue weighted by molar-refractivity contribution is 8.03. The maximum atomic E-state index is 11.1. The van der Waals surface area contributed by atoms with Crippen molar-refractivity contribution in [1.29, 1.82) is 0 Å². The Kier molecular flexibility index (Phi) is 3.66. The van der Waals surface area contributed by atoms with E-state index in [9.17, 15) is 4.21 Å². The molecule has 0 unspecified atom stereocenters. The largest absolute Gasteiger partial charge is 0.267 e. The van der Waals surface area contributed by atoms with Crippen LogP contribution in [0.3, 0.4) is 0 Å². The second-order valence-electron chi connectivity index (χ2n) is 2.00. The predicted molar refractivity (Wildman–Crippen MR) is 51.1 cm³/mol. The van der Waals surface area contributed by atoms with Gasteiger partial charge >= 0.3 is 0 Å². The number of halogens is 4. The molecule has 0 fully saturated rings. The van der Waals surface area contributed by atoms with Crippen LogP contribution in [-0.2, 0) is 9.52 Å². The van der Waals surface area contributed by atoms with E-state index in [0.29, 0.717) is 0 Å². The summed E-state index contributed by atoms with van der Waals surface area (Å²) in [6, 6.07) is 0. The van der Waals surface area contributed by atoms with Gasteiger partial charge in [0.2, 0.25) is 3.79 Å². The molecule has 0 aliphatic carbocycles. The van der Waals surface area contributed by atoms with E-state index in [2.05, 4.69) is 0 Å². The molecule has 0 rings (SSSR count). The Morgan fingerprint density at radius 1 is 1.30 bits per heavy atom. The topological polar surface area (TPSA) is 17.1 Å². The molecule has 0 bridgehead atoms.